The van der Waals surface area contributed by atoms with Crippen LogP contribution in [0.4, 0.5) is 0 Å². The van der Waals surface area contributed by atoms with Crippen molar-refractivity contribution in [1.29, 1.82) is 0 Å². The number of hydrogen-bond acceptors (Lipinski definition) is 4. The van der Waals surface area contributed by atoms with Crippen LogP contribution in [0, 0.1) is 0 Å². The fourth-order valence-electron chi connectivity index (χ4n) is 1.54. The van der Waals surface area contributed by atoms with Crippen LogP contribution >= 0.6 is 0 Å². The van der Waals surface area contributed by atoms with Crippen molar-refractivity contribution in [2.45, 2.75) is 27.1 Å². The Hall–Kier alpha value is -1.39. The maximum absolute atomic E-state index is 12.2. The van der Waals surface area contributed by atoms with Crippen LogP contribution < -0.4 is 4.74 Å². The molecule has 0 unspecified atom stereocenters. The maximum Gasteiger partial charge on any atom is 0.222 e. The van der Waals surface area contributed by atoms with E-state index in [4.69, 9.17) is 14.2 Å². The molecule has 4 nitrogen and oxygen atoms in total. The summed E-state index contributed by atoms with van der Waals surface area (Å²) >= 11 is 0. The molecule has 0 fully saturated rings. The van der Waals surface area contributed by atoms with E-state index in [1.807, 2.05) is 26.8 Å². The highest BCUT2D eigenvalue weighted by Gasteiger charge is 2.20. The number of benzene rings is 1. The number of hydrogen-bond donors (Lipinski definition) is 0. The zero-order valence-corrected chi connectivity index (χ0v) is 11.1. The van der Waals surface area contributed by atoms with E-state index in [1.165, 1.54) is 0 Å². The fourth-order valence-corrected chi connectivity index (χ4v) is 1.54. The second kappa shape index (κ2) is 7.84. The highest BCUT2D eigenvalue weighted by Crippen LogP contribution is 2.16. The predicted molar refractivity (Wildman–Crippen MR) is 69.0 cm³/mol. The highest BCUT2D eigenvalue weighted by atomic mass is 16.7. The molecule has 0 aliphatic carbocycles. The molecular weight excluding hydrogens is 232 g/mol. The van der Waals surface area contributed by atoms with Gasteiger partial charge in [-0.3, -0.25) is 4.79 Å². The summed E-state index contributed by atoms with van der Waals surface area (Å²) in [5.41, 5.74) is 0.535. The first kappa shape index (κ1) is 14.7. The third-order valence-corrected chi connectivity index (χ3v) is 2.28. The minimum atomic E-state index is -0.836. The van der Waals surface area contributed by atoms with Crippen LogP contribution in [0.5, 0.6) is 5.75 Å². The molecular formula is C14H20O4. The Morgan fingerprint density at radius 1 is 1.11 bits per heavy atom. The van der Waals surface area contributed by atoms with Crippen molar-refractivity contribution in [3.8, 4) is 5.75 Å². The number of Topliss-reactive ketones (excluding diaryl/α,β-unsaturated/α-hetero) is 1. The van der Waals surface area contributed by atoms with Gasteiger partial charge in [0.25, 0.3) is 0 Å². The molecule has 0 aromatic heterocycles. The van der Waals surface area contributed by atoms with Gasteiger partial charge in [-0.1, -0.05) is 12.1 Å². The number of carbonyl (C=O) groups excluding carboxylic acids is 1. The van der Waals surface area contributed by atoms with Crippen LogP contribution in [0.1, 0.15) is 31.1 Å². The minimum absolute atomic E-state index is 0.180. The van der Waals surface area contributed by atoms with Gasteiger partial charge in [0.05, 0.1) is 6.61 Å². The minimum Gasteiger partial charge on any atom is -0.494 e. The normalized spacial score (nSPS) is 10.7. The summed E-state index contributed by atoms with van der Waals surface area (Å²) in [6, 6.07) is 7.04. The topological polar surface area (TPSA) is 44.8 Å². The van der Waals surface area contributed by atoms with Crippen molar-refractivity contribution in [2.24, 2.45) is 0 Å². The molecule has 0 aliphatic heterocycles. The smallest absolute Gasteiger partial charge is 0.222 e. The molecule has 0 bridgehead atoms. The van der Waals surface area contributed by atoms with E-state index in [0.29, 0.717) is 31.1 Å². The van der Waals surface area contributed by atoms with Gasteiger partial charge < -0.3 is 14.2 Å². The lowest BCUT2D eigenvalue weighted by molar-refractivity contribution is -0.107. The van der Waals surface area contributed by atoms with E-state index < -0.39 is 6.29 Å². The number of ether oxygens (including phenoxy) is 3. The molecule has 100 valence electrons. The molecule has 0 saturated heterocycles. The standard InChI is InChI=1S/C14H20O4/c1-4-16-12-9-7-8-11(10-12)13(15)14(17-5-2)18-6-3/h7-10,14H,4-6H2,1-3H3. The number of carbonyl (C=O) groups is 1. The summed E-state index contributed by atoms with van der Waals surface area (Å²) in [7, 11) is 0. The van der Waals surface area contributed by atoms with Crippen molar-refractivity contribution in [2.75, 3.05) is 19.8 Å². The fraction of sp³-hybridized carbons (Fsp3) is 0.500. The summed E-state index contributed by atoms with van der Waals surface area (Å²) in [6.07, 6.45) is -0.836. The van der Waals surface area contributed by atoms with Crippen molar-refractivity contribution >= 4 is 5.78 Å². The summed E-state index contributed by atoms with van der Waals surface area (Å²) in [5, 5.41) is 0. The molecule has 0 N–H and O–H groups in total. The first-order chi connectivity index (χ1) is 8.72. The quantitative estimate of drug-likeness (QED) is 0.527. The van der Waals surface area contributed by atoms with E-state index in [9.17, 15) is 4.79 Å². The van der Waals surface area contributed by atoms with Crippen LogP contribution in [0.3, 0.4) is 0 Å². The van der Waals surface area contributed by atoms with Crippen molar-refractivity contribution < 1.29 is 19.0 Å². The number of ketones is 1. The monoisotopic (exact) mass is 252 g/mol. The van der Waals surface area contributed by atoms with Crippen molar-refractivity contribution in [3.63, 3.8) is 0 Å². The second-order valence-corrected chi connectivity index (χ2v) is 3.57. The third kappa shape index (κ3) is 4.13. The first-order valence-electron chi connectivity index (χ1n) is 6.23. The van der Waals surface area contributed by atoms with Gasteiger partial charge in [0.15, 0.2) is 0 Å². The molecule has 1 rings (SSSR count). The lowest BCUT2D eigenvalue weighted by Crippen LogP contribution is -2.27. The van der Waals surface area contributed by atoms with Gasteiger partial charge in [0.1, 0.15) is 5.75 Å². The highest BCUT2D eigenvalue weighted by molar-refractivity contribution is 5.98. The van der Waals surface area contributed by atoms with Crippen LogP contribution in [0.25, 0.3) is 0 Å². The molecule has 0 saturated carbocycles. The van der Waals surface area contributed by atoms with Crippen LogP contribution in [0.15, 0.2) is 24.3 Å². The summed E-state index contributed by atoms with van der Waals surface area (Å²) < 4.78 is 15.9. The molecule has 0 spiro atoms. The predicted octanol–water partition coefficient (Wildman–Crippen LogP) is 2.67. The zero-order valence-electron chi connectivity index (χ0n) is 11.1. The molecule has 4 heteroatoms. The molecule has 0 amide bonds. The molecule has 0 aliphatic rings. The van der Waals surface area contributed by atoms with E-state index in [1.54, 1.807) is 18.2 Å². The Kier molecular flexibility index (Phi) is 6.39. The summed E-state index contributed by atoms with van der Waals surface area (Å²) in [5.74, 6) is 0.496. The Morgan fingerprint density at radius 2 is 1.78 bits per heavy atom. The summed E-state index contributed by atoms with van der Waals surface area (Å²) in [4.78, 5) is 12.2. The van der Waals surface area contributed by atoms with Crippen molar-refractivity contribution in [3.05, 3.63) is 29.8 Å². The van der Waals surface area contributed by atoms with Gasteiger partial charge in [-0.15, -0.1) is 0 Å². The Morgan fingerprint density at radius 3 is 2.33 bits per heavy atom. The molecule has 1 aromatic rings. The average molecular weight is 252 g/mol. The van der Waals surface area contributed by atoms with Crippen LogP contribution in [-0.4, -0.2) is 31.9 Å². The van der Waals surface area contributed by atoms with Gasteiger partial charge in [-0.25, -0.2) is 0 Å². The SMILES string of the molecule is CCOc1cccc(C(=O)C(OCC)OCC)c1. The average Bonchev–Trinajstić information content (AvgIpc) is 2.38. The van der Waals surface area contributed by atoms with Gasteiger partial charge in [-0.2, -0.15) is 0 Å². The molecule has 1 aromatic carbocycles. The van der Waals surface area contributed by atoms with E-state index in [2.05, 4.69) is 0 Å². The van der Waals surface area contributed by atoms with Crippen LogP contribution in [0.2, 0.25) is 0 Å². The van der Waals surface area contributed by atoms with Gasteiger partial charge >= 0.3 is 0 Å². The van der Waals surface area contributed by atoms with E-state index >= 15 is 0 Å². The van der Waals surface area contributed by atoms with E-state index in [-0.39, 0.29) is 5.78 Å². The van der Waals surface area contributed by atoms with Gasteiger partial charge in [-0.05, 0) is 32.9 Å². The molecule has 18 heavy (non-hydrogen) atoms. The lowest BCUT2D eigenvalue weighted by Gasteiger charge is -2.15. The van der Waals surface area contributed by atoms with Crippen molar-refractivity contribution in [1.82, 2.24) is 0 Å². The largest absolute Gasteiger partial charge is 0.494 e. The lowest BCUT2D eigenvalue weighted by atomic mass is 10.1. The van der Waals surface area contributed by atoms with E-state index in [0.717, 1.165) is 0 Å². The maximum atomic E-state index is 12.2. The van der Waals surface area contributed by atoms with Gasteiger partial charge in [0.2, 0.25) is 12.1 Å². The number of rotatable bonds is 8. The summed E-state index contributed by atoms with van der Waals surface area (Å²) in [6.45, 7) is 6.99. The van der Waals surface area contributed by atoms with Gasteiger partial charge in [0, 0.05) is 18.8 Å². The Bertz CT molecular complexity index is 370. The van der Waals surface area contributed by atoms with Crippen LogP contribution in [-0.2, 0) is 9.47 Å². The zero-order chi connectivity index (χ0) is 13.4. The Balaban J connectivity index is 2.82. The molecule has 0 heterocycles. The molecule has 0 radical (unpaired) electrons. The third-order valence-electron chi connectivity index (χ3n) is 2.28. The second-order valence-electron chi connectivity index (χ2n) is 3.57. The first-order valence-corrected chi connectivity index (χ1v) is 6.23. The molecule has 0 atom stereocenters. The Labute approximate surface area is 108 Å².